The van der Waals surface area contributed by atoms with E-state index in [1.54, 1.807) is 27.5 Å². The number of hydrogen-bond acceptors (Lipinski definition) is 5. The number of amides is 4. The van der Waals surface area contributed by atoms with Gasteiger partial charge in [-0.3, -0.25) is 14.3 Å². The van der Waals surface area contributed by atoms with Gasteiger partial charge in [0.1, 0.15) is 17.8 Å². The van der Waals surface area contributed by atoms with Crippen molar-refractivity contribution in [3.8, 4) is 6.07 Å². The summed E-state index contributed by atoms with van der Waals surface area (Å²) in [5.74, 6) is -0.575. The Morgan fingerprint density at radius 1 is 1.15 bits per heavy atom. The number of imide groups is 1. The number of hydrogen-bond donors (Lipinski definition) is 0. The Labute approximate surface area is 237 Å². The molecular formula is C30H29ClN6O3. The summed E-state index contributed by atoms with van der Waals surface area (Å²) in [5, 5.41) is 14.3. The van der Waals surface area contributed by atoms with E-state index in [0.29, 0.717) is 36.5 Å². The van der Waals surface area contributed by atoms with E-state index in [9.17, 15) is 19.6 Å². The van der Waals surface area contributed by atoms with E-state index in [2.05, 4.69) is 20.8 Å². The van der Waals surface area contributed by atoms with Crippen LogP contribution in [0.1, 0.15) is 60.1 Å². The second-order valence-corrected chi connectivity index (χ2v) is 12.1. The van der Waals surface area contributed by atoms with Crippen molar-refractivity contribution < 1.29 is 14.4 Å². The number of piperazine rings is 1. The van der Waals surface area contributed by atoms with Crippen molar-refractivity contribution in [2.75, 3.05) is 11.4 Å². The molecule has 3 unspecified atom stereocenters. The van der Waals surface area contributed by atoms with Gasteiger partial charge in [-0.05, 0) is 42.7 Å². The fraction of sp³-hybridized carbons (Fsp3) is 0.367. The molecule has 3 aromatic rings. The Hall–Kier alpha value is -4.16. The van der Waals surface area contributed by atoms with Gasteiger partial charge < -0.3 is 9.80 Å². The van der Waals surface area contributed by atoms with Crippen molar-refractivity contribution in [1.82, 2.24) is 19.6 Å². The van der Waals surface area contributed by atoms with E-state index >= 15 is 0 Å². The van der Waals surface area contributed by atoms with Crippen LogP contribution >= 0.6 is 11.6 Å². The van der Waals surface area contributed by atoms with Gasteiger partial charge in [-0.1, -0.05) is 62.7 Å². The van der Waals surface area contributed by atoms with Crippen LogP contribution in [0.4, 0.5) is 10.5 Å². The quantitative estimate of drug-likeness (QED) is 0.440. The van der Waals surface area contributed by atoms with Gasteiger partial charge in [0, 0.05) is 12.0 Å². The number of likely N-dealkylation sites (tertiary alicyclic amines) is 1. The number of benzene rings is 2. The Bertz CT molecular complexity index is 1600. The van der Waals surface area contributed by atoms with E-state index in [4.69, 9.17) is 16.7 Å². The maximum atomic E-state index is 14.1. The lowest BCUT2D eigenvalue weighted by atomic mass is 9.92. The van der Waals surface area contributed by atoms with Crippen LogP contribution in [-0.2, 0) is 16.8 Å². The summed E-state index contributed by atoms with van der Waals surface area (Å²) in [4.78, 5) is 45.9. The first-order valence-electron chi connectivity index (χ1n) is 13.3. The summed E-state index contributed by atoms with van der Waals surface area (Å²) in [6.07, 6.45) is 0.549. The first-order valence-corrected chi connectivity index (χ1v) is 13.7. The number of rotatable bonds is 4. The molecule has 0 aliphatic carbocycles. The SMILES string of the molecule is Cc1c(N2C(=O)C3C4CC(CN4C(=O)c4cc(C(C)(C)C)nn4Cc4ccccc4)N3C2=O)ccc(C#N)c1Cl. The van der Waals surface area contributed by atoms with Crippen LogP contribution in [0.15, 0.2) is 48.5 Å². The predicted molar refractivity (Wildman–Crippen MR) is 149 cm³/mol. The zero-order valence-corrected chi connectivity index (χ0v) is 23.5. The average molecular weight is 557 g/mol. The number of carbonyl (C=O) groups is 3. The van der Waals surface area contributed by atoms with Crippen LogP contribution in [0, 0.1) is 18.3 Å². The van der Waals surface area contributed by atoms with Gasteiger partial charge in [0.15, 0.2) is 0 Å². The first-order chi connectivity index (χ1) is 19.0. The molecule has 2 aromatic carbocycles. The van der Waals surface area contributed by atoms with Gasteiger partial charge in [-0.25, -0.2) is 9.69 Å². The molecule has 3 aliphatic heterocycles. The Balaban J connectivity index is 1.32. The number of urea groups is 1. The molecule has 3 saturated heterocycles. The average Bonchev–Trinajstić information content (AvgIpc) is 3.68. The van der Waals surface area contributed by atoms with Gasteiger partial charge in [0.05, 0.1) is 40.6 Å². The Kier molecular flexibility index (Phi) is 6.00. The van der Waals surface area contributed by atoms with Crippen LogP contribution in [0.25, 0.3) is 0 Å². The molecule has 0 N–H and O–H groups in total. The van der Waals surface area contributed by atoms with Crippen LogP contribution in [0.3, 0.4) is 0 Å². The van der Waals surface area contributed by atoms with Crippen molar-refractivity contribution in [3.63, 3.8) is 0 Å². The van der Waals surface area contributed by atoms with Gasteiger partial charge in [0.25, 0.3) is 11.8 Å². The number of anilines is 1. The smallest absolute Gasteiger partial charge is 0.330 e. The molecule has 10 heteroatoms. The van der Waals surface area contributed by atoms with Crippen molar-refractivity contribution in [1.29, 1.82) is 5.26 Å². The number of carbonyl (C=O) groups excluding carboxylic acids is 3. The lowest BCUT2D eigenvalue weighted by Gasteiger charge is -2.34. The van der Waals surface area contributed by atoms with Gasteiger partial charge >= 0.3 is 6.03 Å². The van der Waals surface area contributed by atoms with Crippen LogP contribution in [0.2, 0.25) is 5.02 Å². The standard InChI is InChI=1S/C30H29ClN6O3/c1-17-21(11-10-19(14-32)25(17)31)37-28(39)26-22-12-20(36(26)29(37)40)16-34(22)27(38)23-13-24(30(2,3)4)33-35(23)15-18-8-6-5-7-9-18/h5-11,13,20,22,26H,12,15-16H2,1-4H3. The third-order valence-electron chi connectivity index (χ3n) is 8.19. The Morgan fingerprint density at radius 3 is 2.55 bits per heavy atom. The van der Waals surface area contributed by atoms with E-state index < -0.39 is 18.1 Å². The minimum atomic E-state index is -0.767. The normalized spacial score (nSPS) is 21.8. The summed E-state index contributed by atoms with van der Waals surface area (Å²) in [6, 6.07) is 14.9. The molecule has 204 valence electrons. The maximum absolute atomic E-state index is 14.1. The van der Waals surface area contributed by atoms with Crippen molar-refractivity contribution in [2.45, 2.75) is 64.2 Å². The molecule has 3 aliphatic rings. The highest BCUT2D eigenvalue weighted by molar-refractivity contribution is 6.33. The second-order valence-electron chi connectivity index (χ2n) is 11.7. The maximum Gasteiger partial charge on any atom is 0.332 e. The largest absolute Gasteiger partial charge is 0.332 e. The van der Waals surface area contributed by atoms with Crippen molar-refractivity contribution in [2.24, 2.45) is 0 Å². The van der Waals surface area contributed by atoms with Crippen molar-refractivity contribution >= 4 is 35.1 Å². The second kappa shape index (κ2) is 9.20. The van der Waals surface area contributed by atoms with Crippen LogP contribution < -0.4 is 4.90 Å². The Morgan fingerprint density at radius 2 is 1.88 bits per heavy atom. The van der Waals surface area contributed by atoms with E-state index in [1.807, 2.05) is 42.5 Å². The third-order valence-corrected chi connectivity index (χ3v) is 8.67. The fourth-order valence-corrected chi connectivity index (χ4v) is 6.30. The number of nitriles is 1. The minimum Gasteiger partial charge on any atom is -0.330 e. The fourth-order valence-electron chi connectivity index (χ4n) is 6.10. The summed E-state index contributed by atoms with van der Waals surface area (Å²) in [7, 11) is 0. The lowest BCUT2D eigenvalue weighted by molar-refractivity contribution is -0.121. The summed E-state index contributed by atoms with van der Waals surface area (Å²) < 4.78 is 1.75. The molecule has 1 aromatic heterocycles. The van der Waals surface area contributed by atoms with E-state index in [-0.39, 0.29) is 33.9 Å². The van der Waals surface area contributed by atoms with Crippen molar-refractivity contribution in [3.05, 3.63) is 81.6 Å². The molecule has 3 atom stereocenters. The summed E-state index contributed by atoms with van der Waals surface area (Å²) >= 11 is 6.36. The van der Waals surface area contributed by atoms with Crippen LogP contribution in [0.5, 0.6) is 0 Å². The van der Waals surface area contributed by atoms with Crippen LogP contribution in [-0.4, -0.2) is 62.1 Å². The first kappa shape index (κ1) is 26.1. The van der Waals surface area contributed by atoms with Gasteiger partial charge in [-0.15, -0.1) is 0 Å². The molecule has 40 heavy (non-hydrogen) atoms. The number of fused-ring (bicyclic) bond motifs is 5. The monoisotopic (exact) mass is 556 g/mol. The highest BCUT2D eigenvalue weighted by Gasteiger charge is 2.63. The van der Waals surface area contributed by atoms with Gasteiger partial charge in [-0.2, -0.15) is 10.4 Å². The highest BCUT2D eigenvalue weighted by atomic mass is 35.5. The third kappa shape index (κ3) is 3.89. The molecule has 4 heterocycles. The van der Waals surface area contributed by atoms with Gasteiger partial charge in [0.2, 0.25) is 0 Å². The molecule has 3 fully saturated rings. The zero-order chi connectivity index (χ0) is 28.5. The molecule has 2 bridgehead atoms. The lowest BCUT2D eigenvalue weighted by Crippen LogP contribution is -2.55. The number of aromatic nitrogens is 2. The molecular weight excluding hydrogens is 528 g/mol. The molecule has 9 nitrogen and oxygen atoms in total. The molecule has 4 amide bonds. The molecule has 0 saturated carbocycles. The zero-order valence-electron chi connectivity index (χ0n) is 22.8. The number of nitrogens with zero attached hydrogens (tertiary/aromatic N) is 6. The topological polar surface area (TPSA) is 103 Å². The number of halogens is 1. The molecule has 6 rings (SSSR count). The predicted octanol–water partition coefficient (Wildman–Crippen LogP) is 4.50. The molecule has 0 radical (unpaired) electrons. The van der Waals surface area contributed by atoms with E-state index in [1.165, 1.54) is 6.07 Å². The minimum absolute atomic E-state index is 0.192. The highest BCUT2D eigenvalue weighted by Crippen LogP contribution is 2.44. The van der Waals surface area contributed by atoms with E-state index in [0.717, 1.165) is 16.2 Å². The molecule has 0 spiro atoms. The summed E-state index contributed by atoms with van der Waals surface area (Å²) in [6.45, 7) is 8.65. The summed E-state index contributed by atoms with van der Waals surface area (Å²) in [5.41, 5.74) is 3.18.